The lowest BCUT2D eigenvalue weighted by molar-refractivity contribution is -0.159. The first kappa shape index (κ1) is 17.7. The van der Waals surface area contributed by atoms with E-state index in [4.69, 9.17) is 19.8 Å². The molecular weight excluding hydrogens is 290 g/mol. The van der Waals surface area contributed by atoms with Crippen LogP contribution in [-0.4, -0.2) is 46.2 Å². The van der Waals surface area contributed by atoms with Crippen LogP contribution < -0.4 is 0 Å². The van der Waals surface area contributed by atoms with Crippen LogP contribution in [0.5, 0.6) is 0 Å². The van der Waals surface area contributed by atoms with Crippen molar-refractivity contribution in [3.63, 3.8) is 0 Å². The first-order valence-corrected chi connectivity index (χ1v) is 8.12. The average molecular weight is 313 g/mol. The number of carboxylic acids is 2. The van der Waals surface area contributed by atoms with Crippen molar-refractivity contribution in [2.75, 3.05) is 13.1 Å². The largest absolute Gasteiger partial charge is 0.473 e. The van der Waals surface area contributed by atoms with Crippen molar-refractivity contribution in [2.45, 2.75) is 45.1 Å². The van der Waals surface area contributed by atoms with Gasteiger partial charge in [0.05, 0.1) is 0 Å². The Labute approximate surface area is 129 Å². The number of hydrogen-bond donors (Lipinski definition) is 2. The van der Waals surface area contributed by atoms with Crippen LogP contribution in [0.25, 0.3) is 0 Å². The van der Waals surface area contributed by atoms with Gasteiger partial charge >= 0.3 is 11.9 Å². The maximum Gasteiger partial charge on any atom is 0.414 e. The van der Waals surface area contributed by atoms with Crippen LogP contribution in [0, 0.1) is 0 Å². The van der Waals surface area contributed by atoms with Crippen LogP contribution in [0.15, 0.2) is 17.5 Å². The summed E-state index contributed by atoms with van der Waals surface area (Å²) in [5.74, 6) is -2.80. The van der Waals surface area contributed by atoms with E-state index in [-0.39, 0.29) is 0 Å². The van der Waals surface area contributed by atoms with Gasteiger partial charge in [0.1, 0.15) is 0 Å². The second-order valence-corrected chi connectivity index (χ2v) is 6.05. The van der Waals surface area contributed by atoms with Crippen LogP contribution in [0.2, 0.25) is 0 Å². The van der Waals surface area contributed by atoms with Gasteiger partial charge < -0.3 is 10.2 Å². The molecule has 1 aliphatic rings. The van der Waals surface area contributed by atoms with E-state index >= 15 is 0 Å². The van der Waals surface area contributed by atoms with E-state index in [9.17, 15) is 0 Å². The summed E-state index contributed by atoms with van der Waals surface area (Å²) in [7, 11) is 0. The van der Waals surface area contributed by atoms with Gasteiger partial charge in [0.15, 0.2) is 0 Å². The third kappa shape index (κ3) is 5.85. The first-order chi connectivity index (χ1) is 10.0. The maximum absolute atomic E-state index is 9.10. The number of carboxylic acid groups (broad SMARTS) is 2. The van der Waals surface area contributed by atoms with E-state index in [0.717, 1.165) is 12.0 Å². The van der Waals surface area contributed by atoms with Gasteiger partial charge in [0.25, 0.3) is 0 Å². The maximum atomic E-state index is 9.10. The first-order valence-electron chi connectivity index (χ1n) is 7.24. The molecule has 1 heterocycles. The van der Waals surface area contributed by atoms with Gasteiger partial charge in [0, 0.05) is 16.8 Å². The molecular formula is C15H23NO4S. The van der Waals surface area contributed by atoms with E-state index in [1.807, 2.05) is 11.3 Å². The highest BCUT2D eigenvalue weighted by molar-refractivity contribution is 7.10. The molecule has 118 valence electrons. The summed E-state index contributed by atoms with van der Waals surface area (Å²) in [5, 5.41) is 17.0. The molecule has 0 aliphatic heterocycles. The Balaban J connectivity index is 0.000000315. The SMILES string of the molecule is CCCN(CCC)C1CC1c1cccs1.O=C(O)C(=O)O. The van der Waals surface area contributed by atoms with Crippen molar-refractivity contribution in [1.82, 2.24) is 4.90 Å². The Hall–Kier alpha value is -1.40. The zero-order chi connectivity index (χ0) is 15.8. The van der Waals surface area contributed by atoms with Crippen molar-refractivity contribution in [1.29, 1.82) is 0 Å². The third-order valence-corrected chi connectivity index (χ3v) is 4.34. The summed E-state index contributed by atoms with van der Waals surface area (Å²) in [5.41, 5.74) is 0. The molecule has 0 aromatic carbocycles. The van der Waals surface area contributed by atoms with Crippen molar-refractivity contribution < 1.29 is 19.8 Å². The van der Waals surface area contributed by atoms with Crippen LogP contribution in [-0.2, 0) is 9.59 Å². The van der Waals surface area contributed by atoms with Gasteiger partial charge in [-0.15, -0.1) is 11.3 Å². The highest BCUT2D eigenvalue weighted by atomic mass is 32.1. The van der Waals surface area contributed by atoms with Gasteiger partial charge in [0.2, 0.25) is 0 Å². The van der Waals surface area contributed by atoms with E-state index in [0.29, 0.717) is 0 Å². The fourth-order valence-electron chi connectivity index (χ4n) is 2.41. The molecule has 1 fully saturated rings. The van der Waals surface area contributed by atoms with Crippen molar-refractivity contribution in [2.24, 2.45) is 0 Å². The third-order valence-electron chi connectivity index (χ3n) is 3.34. The van der Waals surface area contributed by atoms with Gasteiger partial charge in [-0.25, -0.2) is 9.59 Å². The molecule has 2 unspecified atom stereocenters. The van der Waals surface area contributed by atoms with Crippen molar-refractivity contribution >= 4 is 23.3 Å². The van der Waals surface area contributed by atoms with Gasteiger partial charge in [-0.05, 0) is 43.8 Å². The lowest BCUT2D eigenvalue weighted by Crippen LogP contribution is -2.28. The molecule has 21 heavy (non-hydrogen) atoms. The predicted octanol–water partition coefficient (Wildman–Crippen LogP) is 2.88. The van der Waals surface area contributed by atoms with Crippen LogP contribution >= 0.6 is 11.3 Å². The molecule has 6 heteroatoms. The van der Waals surface area contributed by atoms with Gasteiger partial charge in [-0.1, -0.05) is 19.9 Å². The number of thiophene rings is 1. The fourth-order valence-corrected chi connectivity index (χ4v) is 3.31. The summed E-state index contributed by atoms with van der Waals surface area (Å²) in [6.45, 7) is 7.12. The number of hydrogen-bond acceptors (Lipinski definition) is 4. The standard InChI is InChI=1S/C13H21NS.C2H2O4/c1-3-7-14(8-4-2)12-10-11(12)13-6-5-9-15-13;3-1(4)2(5)6/h5-6,9,11-12H,3-4,7-8,10H2,1-2H3;(H,3,4)(H,5,6). The topological polar surface area (TPSA) is 77.8 Å². The Morgan fingerprint density at radius 1 is 1.24 bits per heavy atom. The highest BCUT2D eigenvalue weighted by Gasteiger charge is 2.42. The zero-order valence-electron chi connectivity index (χ0n) is 12.5. The second kappa shape index (κ2) is 8.79. The molecule has 0 spiro atoms. The summed E-state index contributed by atoms with van der Waals surface area (Å²) in [6.07, 6.45) is 3.96. The van der Waals surface area contributed by atoms with Crippen LogP contribution in [0.1, 0.15) is 43.9 Å². The van der Waals surface area contributed by atoms with E-state index < -0.39 is 11.9 Å². The molecule has 0 amide bonds. The molecule has 1 aromatic heterocycles. The molecule has 2 rings (SSSR count). The summed E-state index contributed by atoms with van der Waals surface area (Å²) < 4.78 is 0. The predicted molar refractivity (Wildman–Crippen MR) is 82.9 cm³/mol. The van der Waals surface area contributed by atoms with Gasteiger partial charge in [-0.2, -0.15) is 0 Å². The monoisotopic (exact) mass is 313 g/mol. The zero-order valence-corrected chi connectivity index (χ0v) is 13.3. The molecule has 2 N–H and O–H groups in total. The minimum absolute atomic E-state index is 0.850. The molecule has 2 atom stereocenters. The molecule has 0 bridgehead atoms. The lowest BCUT2D eigenvalue weighted by Gasteiger charge is -2.21. The normalized spacial score (nSPS) is 19.8. The average Bonchev–Trinajstić information content (AvgIpc) is 3.04. The quantitative estimate of drug-likeness (QED) is 0.790. The minimum Gasteiger partial charge on any atom is -0.473 e. The minimum atomic E-state index is -1.82. The summed E-state index contributed by atoms with van der Waals surface area (Å²) in [4.78, 5) is 22.5. The van der Waals surface area contributed by atoms with Crippen LogP contribution in [0.4, 0.5) is 0 Å². The molecule has 1 saturated carbocycles. The van der Waals surface area contributed by atoms with Gasteiger partial charge in [-0.3, -0.25) is 4.90 Å². The second-order valence-electron chi connectivity index (χ2n) is 5.07. The fraction of sp³-hybridized carbons (Fsp3) is 0.600. The van der Waals surface area contributed by atoms with Crippen molar-refractivity contribution in [3.05, 3.63) is 22.4 Å². The molecule has 5 nitrogen and oxygen atoms in total. The van der Waals surface area contributed by atoms with Crippen LogP contribution in [0.3, 0.4) is 0 Å². The number of nitrogens with zero attached hydrogens (tertiary/aromatic N) is 1. The molecule has 0 radical (unpaired) electrons. The van der Waals surface area contributed by atoms with Crippen molar-refractivity contribution in [3.8, 4) is 0 Å². The Bertz CT molecular complexity index is 429. The van der Waals surface area contributed by atoms with E-state index in [1.54, 1.807) is 4.88 Å². The van der Waals surface area contributed by atoms with E-state index in [2.05, 4.69) is 36.3 Å². The summed E-state index contributed by atoms with van der Waals surface area (Å²) in [6, 6.07) is 5.33. The number of carbonyl (C=O) groups is 2. The lowest BCUT2D eigenvalue weighted by atomic mass is 10.3. The Morgan fingerprint density at radius 2 is 1.81 bits per heavy atom. The smallest absolute Gasteiger partial charge is 0.414 e. The summed E-state index contributed by atoms with van der Waals surface area (Å²) >= 11 is 1.92. The molecule has 1 aromatic rings. The van der Waals surface area contributed by atoms with E-state index in [1.165, 1.54) is 32.4 Å². The highest BCUT2D eigenvalue weighted by Crippen LogP contribution is 2.46. The Morgan fingerprint density at radius 3 is 2.19 bits per heavy atom. The molecule has 0 saturated heterocycles. The molecule has 1 aliphatic carbocycles. The Kier molecular flexibility index (Phi) is 7.39. The number of aliphatic carboxylic acids is 2. The number of rotatable bonds is 6.